The molecule has 13 nitrogen and oxygen atoms in total. The van der Waals surface area contributed by atoms with E-state index in [9.17, 15) is 34.2 Å². The number of ether oxygens (including phenoxy) is 6. The van der Waals surface area contributed by atoms with Crippen LogP contribution in [0.3, 0.4) is 0 Å². The van der Waals surface area contributed by atoms with E-state index in [1.807, 2.05) is 42.5 Å². The molecule has 0 heterocycles. The minimum Gasteiger partial charge on any atom is -0.463 e. The Morgan fingerprint density at radius 2 is 1.44 bits per heavy atom. The van der Waals surface area contributed by atoms with Gasteiger partial charge in [0, 0.05) is 31.6 Å². The predicted octanol–water partition coefficient (Wildman–Crippen LogP) is 5.12. The van der Waals surface area contributed by atoms with Gasteiger partial charge in [-0.25, -0.2) is 14.4 Å². The van der Waals surface area contributed by atoms with E-state index in [4.69, 9.17) is 23.7 Å². The number of aliphatic hydroxyl groups excluding tert-OH is 2. The smallest absolute Gasteiger partial charge is 0.463 e. The maximum absolute atomic E-state index is 12.9. The van der Waals surface area contributed by atoms with E-state index >= 15 is 0 Å². The zero-order valence-electron chi connectivity index (χ0n) is 30.0. The lowest BCUT2D eigenvalue weighted by Gasteiger charge is -2.26. The second-order valence-electron chi connectivity index (χ2n) is 12.9. The third-order valence-corrected chi connectivity index (χ3v) is 8.19. The molecule has 2 rings (SSSR count). The van der Waals surface area contributed by atoms with Crippen molar-refractivity contribution in [1.82, 2.24) is 0 Å². The van der Waals surface area contributed by atoms with Crippen molar-refractivity contribution in [3.63, 3.8) is 0 Å². The van der Waals surface area contributed by atoms with Gasteiger partial charge >= 0.3 is 30.0 Å². The summed E-state index contributed by atoms with van der Waals surface area (Å²) in [5.41, 5.74) is 1.11. The number of aryl methyl sites for hydroxylation is 1. The number of esters is 4. The molecule has 3 unspecified atom stereocenters. The van der Waals surface area contributed by atoms with E-state index in [1.165, 1.54) is 27.7 Å². The molecule has 0 bridgehead atoms. The third-order valence-electron chi connectivity index (χ3n) is 8.19. The molecule has 2 N–H and O–H groups in total. The number of carbonyl (C=O) groups is 5. The fraction of sp³-hybridized carbons (Fsp3) is 0.649. The zero-order chi connectivity index (χ0) is 37.2. The molecule has 0 aromatic heterocycles. The number of allylic oxidation sites excluding steroid dienone is 2. The molecule has 0 amide bonds. The lowest BCUT2D eigenvalue weighted by molar-refractivity contribution is -0.184. The maximum atomic E-state index is 12.9. The van der Waals surface area contributed by atoms with Gasteiger partial charge in [0.1, 0.15) is 12.2 Å². The highest BCUT2D eigenvalue weighted by Crippen LogP contribution is 2.42. The van der Waals surface area contributed by atoms with Gasteiger partial charge in [0.15, 0.2) is 18.5 Å². The number of rotatable bonds is 20. The first-order valence-electron chi connectivity index (χ1n) is 17.4. The van der Waals surface area contributed by atoms with Gasteiger partial charge in [-0.3, -0.25) is 9.59 Å². The topological polar surface area (TPSA) is 181 Å². The number of hydrogen-bond acceptors (Lipinski definition) is 13. The summed E-state index contributed by atoms with van der Waals surface area (Å²) in [7, 11) is 0. The summed E-state index contributed by atoms with van der Waals surface area (Å²) >= 11 is 0. The fourth-order valence-corrected chi connectivity index (χ4v) is 5.83. The van der Waals surface area contributed by atoms with Crippen LogP contribution in [0.25, 0.3) is 0 Å². The molecular weight excluding hydrogens is 652 g/mol. The molecule has 1 aliphatic carbocycles. The Morgan fingerprint density at radius 1 is 0.800 bits per heavy atom. The SMILES string of the molecule is CC(=O)O[C@H]1C[C@@H](OC(=O)OC(C)C(=O)OC(C)C(=O)OC(C)O)[C@H](CC[C@@H](O)CCc2ccccc2)[C@H]1C/C=C\CCCC(=O)OC(C)C. The summed E-state index contributed by atoms with van der Waals surface area (Å²) in [6.45, 7) is 8.62. The largest absolute Gasteiger partial charge is 0.509 e. The molecule has 1 fully saturated rings. The van der Waals surface area contributed by atoms with Crippen molar-refractivity contribution < 1.29 is 62.6 Å². The van der Waals surface area contributed by atoms with E-state index < -0.39 is 60.9 Å². The molecule has 0 spiro atoms. The minimum atomic E-state index is -1.44. The number of unbranched alkanes of at least 4 members (excludes halogenated alkanes) is 1. The standard InChI is InChI=1S/C37H54O13/c1-23(2)45-34(41)17-13-8-7-12-16-30-31(21-20-29(40)19-18-28-14-10-9-11-15-28)33(22-32(30)48-26(5)38)50-37(44)47-25(4)35(42)46-24(3)36(43)49-27(6)39/h7,9-12,14-15,23-25,27,29-33,39-40H,8,13,16-22H2,1-6H3/b12-7-/t24?,25?,27?,29-,30+,31+,32-,33+/m0/s1. The quantitative estimate of drug-likeness (QED) is 0.0600. The number of hydrogen-bond donors (Lipinski definition) is 2. The van der Waals surface area contributed by atoms with Gasteiger partial charge in [-0.1, -0.05) is 42.5 Å². The summed E-state index contributed by atoms with van der Waals surface area (Å²) in [5.74, 6) is -3.34. The van der Waals surface area contributed by atoms with Crippen molar-refractivity contribution in [2.24, 2.45) is 11.8 Å². The van der Waals surface area contributed by atoms with E-state index in [0.717, 1.165) is 5.56 Å². The van der Waals surface area contributed by atoms with Gasteiger partial charge < -0.3 is 38.6 Å². The molecular formula is C37H54O13. The van der Waals surface area contributed by atoms with Crippen molar-refractivity contribution in [2.45, 2.75) is 142 Å². The van der Waals surface area contributed by atoms with Crippen molar-refractivity contribution >= 4 is 30.0 Å². The van der Waals surface area contributed by atoms with Crippen LogP contribution in [0.5, 0.6) is 0 Å². The summed E-state index contributed by atoms with van der Waals surface area (Å²) in [6, 6.07) is 9.81. The highest BCUT2D eigenvalue weighted by atomic mass is 16.7. The molecule has 0 radical (unpaired) electrons. The molecule has 1 saturated carbocycles. The van der Waals surface area contributed by atoms with Gasteiger partial charge in [-0.15, -0.1) is 0 Å². The first-order valence-corrected chi connectivity index (χ1v) is 17.4. The maximum Gasteiger partial charge on any atom is 0.509 e. The van der Waals surface area contributed by atoms with Crippen LogP contribution in [0.1, 0.15) is 98.5 Å². The Labute approximate surface area is 294 Å². The second kappa shape index (κ2) is 22.0. The molecule has 50 heavy (non-hydrogen) atoms. The molecule has 13 heteroatoms. The van der Waals surface area contributed by atoms with Crippen molar-refractivity contribution in [1.29, 1.82) is 0 Å². The van der Waals surface area contributed by atoms with Crippen LogP contribution in [0, 0.1) is 11.8 Å². The third kappa shape index (κ3) is 16.2. The minimum absolute atomic E-state index is 0.173. The Balaban J connectivity index is 2.11. The summed E-state index contributed by atoms with van der Waals surface area (Å²) in [5, 5.41) is 20.1. The van der Waals surface area contributed by atoms with Crippen LogP contribution in [0.2, 0.25) is 0 Å². The summed E-state index contributed by atoms with van der Waals surface area (Å²) in [6.07, 6.45) is 0.669. The van der Waals surface area contributed by atoms with E-state index in [2.05, 4.69) is 4.74 Å². The Morgan fingerprint density at radius 3 is 2.08 bits per heavy atom. The lowest BCUT2D eigenvalue weighted by Crippen LogP contribution is -2.35. The summed E-state index contributed by atoms with van der Waals surface area (Å²) in [4.78, 5) is 61.2. The Kier molecular flexibility index (Phi) is 18.5. The molecule has 8 atom stereocenters. The zero-order valence-corrected chi connectivity index (χ0v) is 30.0. The molecule has 1 aliphatic rings. The van der Waals surface area contributed by atoms with Gasteiger partial charge in [0.25, 0.3) is 0 Å². The molecule has 280 valence electrons. The van der Waals surface area contributed by atoms with Crippen LogP contribution < -0.4 is 0 Å². The lowest BCUT2D eigenvalue weighted by atomic mass is 9.85. The van der Waals surface area contributed by atoms with Crippen molar-refractivity contribution in [3.05, 3.63) is 48.0 Å². The monoisotopic (exact) mass is 706 g/mol. The van der Waals surface area contributed by atoms with Gasteiger partial charge in [-0.2, -0.15) is 0 Å². The second-order valence-corrected chi connectivity index (χ2v) is 12.9. The van der Waals surface area contributed by atoms with Gasteiger partial charge in [-0.05, 0) is 85.1 Å². The molecule has 0 aliphatic heterocycles. The summed E-state index contributed by atoms with van der Waals surface area (Å²) < 4.78 is 31.3. The molecule has 1 aromatic rings. The number of aliphatic hydroxyl groups is 2. The number of benzene rings is 1. The molecule has 0 saturated heterocycles. The van der Waals surface area contributed by atoms with Gasteiger partial charge in [0.2, 0.25) is 0 Å². The Hall–Kier alpha value is -3.97. The first-order chi connectivity index (χ1) is 23.7. The molecule has 1 aromatic carbocycles. The first kappa shape index (κ1) is 42.2. The predicted molar refractivity (Wildman–Crippen MR) is 180 cm³/mol. The number of carbonyl (C=O) groups excluding carboxylic acids is 5. The average Bonchev–Trinajstić information content (AvgIpc) is 3.34. The van der Waals surface area contributed by atoms with Crippen LogP contribution in [0.4, 0.5) is 4.79 Å². The van der Waals surface area contributed by atoms with E-state index in [1.54, 1.807) is 13.8 Å². The van der Waals surface area contributed by atoms with Crippen LogP contribution >= 0.6 is 0 Å². The van der Waals surface area contributed by atoms with Crippen molar-refractivity contribution in [2.75, 3.05) is 0 Å². The van der Waals surface area contributed by atoms with Crippen LogP contribution in [0.15, 0.2) is 42.5 Å². The fourth-order valence-electron chi connectivity index (χ4n) is 5.83. The average molecular weight is 707 g/mol. The van der Waals surface area contributed by atoms with E-state index in [-0.39, 0.29) is 30.3 Å². The van der Waals surface area contributed by atoms with Gasteiger partial charge in [0.05, 0.1) is 12.2 Å². The van der Waals surface area contributed by atoms with Crippen molar-refractivity contribution in [3.8, 4) is 0 Å². The van der Waals surface area contributed by atoms with E-state index in [0.29, 0.717) is 51.4 Å². The Bertz CT molecular complexity index is 1250. The van der Waals surface area contributed by atoms with Crippen LogP contribution in [-0.2, 0) is 54.0 Å². The highest BCUT2D eigenvalue weighted by Gasteiger charge is 2.46. The van der Waals surface area contributed by atoms with Crippen LogP contribution in [-0.4, -0.2) is 83.2 Å². The normalized spacial score (nSPS) is 21.1. The highest BCUT2D eigenvalue weighted by molar-refractivity contribution is 5.82.